The highest BCUT2D eigenvalue weighted by Crippen LogP contribution is 2.37. The van der Waals surface area contributed by atoms with Gasteiger partial charge in [0.05, 0.1) is 37.3 Å². The summed E-state index contributed by atoms with van der Waals surface area (Å²) in [5.41, 5.74) is 1.18. The van der Waals surface area contributed by atoms with Gasteiger partial charge in [-0.25, -0.2) is 9.79 Å². The average Bonchev–Trinajstić information content (AvgIpc) is 3.77. The van der Waals surface area contributed by atoms with Gasteiger partial charge < -0.3 is 13.6 Å². The summed E-state index contributed by atoms with van der Waals surface area (Å²) in [6.07, 6.45) is 1.52. The molecule has 0 radical (unpaired) electrons. The summed E-state index contributed by atoms with van der Waals surface area (Å²) in [5, 5.41) is 22.9. The summed E-state index contributed by atoms with van der Waals surface area (Å²) in [6, 6.07) is 13.7. The standard InChI is InChI=1S/C32H23ClN4O9S/c1-4-44-31(39)28-17(3)34-32-35(29(28)26-12-11-25(46-26)22-14-19(37(42)43)7-9-23(22)33)30(38)27(47-32)15-20-8-10-24(45-20)21-13-18(36(40)41)6-5-16(21)2/h5-15,29H,4H2,1-3H3/b27-15-/t29-/m1/s1. The number of thiazole rings is 1. The molecule has 1 aliphatic heterocycles. The summed E-state index contributed by atoms with van der Waals surface area (Å²) in [5.74, 6) is 0.366. The lowest BCUT2D eigenvalue weighted by molar-refractivity contribution is -0.385. The largest absolute Gasteiger partial charge is 0.463 e. The van der Waals surface area contributed by atoms with Crippen molar-refractivity contribution in [1.82, 2.24) is 4.57 Å². The first kappa shape index (κ1) is 31.4. The van der Waals surface area contributed by atoms with Crippen molar-refractivity contribution in [2.24, 2.45) is 4.99 Å². The zero-order valence-corrected chi connectivity index (χ0v) is 26.5. The van der Waals surface area contributed by atoms with E-state index in [4.69, 9.17) is 25.2 Å². The highest BCUT2D eigenvalue weighted by Gasteiger charge is 2.35. The van der Waals surface area contributed by atoms with Gasteiger partial charge in [0, 0.05) is 41.5 Å². The van der Waals surface area contributed by atoms with Crippen LogP contribution >= 0.6 is 22.9 Å². The van der Waals surface area contributed by atoms with Crippen molar-refractivity contribution < 1.29 is 28.2 Å². The fourth-order valence-electron chi connectivity index (χ4n) is 5.21. The molecule has 0 N–H and O–H groups in total. The number of nitro benzene ring substituents is 2. The molecule has 0 spiro atoms. The van der Waals surface area contributed by atoms with Gasteiger partial charge in [-0.1, -0.05) is 29.0 Å². The molecular weight excluding hydrogens is 652 g/mol. The summed E-state index contributed by atoms with van der Waals surface area (Å²) in [4.78, 5) is 53.7. The second kappa shape index (κ2) is 12.3. The highest BCUT2D eigenvalue weighted by molar-refractivity contribution is 7.07. The molecule has 1 atom stereocenters. The fourth-order valence-corrected chi connectivity index (χ4v) is 6.45. The molecule has 0 bridgehead atoms. The summed E-state index contributed by atoms with van der Waals surface area (Å²) in [7, 11) is 0. The third kappa shape index (κ3) is 5.79. The van der Waals surface area contributed by atoms with Gasteiger partial charge in [-0.3, -0.25) is 29.6 Å². The van der Waals surface area contributed by atoms with Gasteiger partial charge in [-0.2, -0.15) is 0 Å². The number of nitrogens with zero attached hydrogens (tertiary/aromatic N) is 4. The summed E-state index contributed by atoms with van der Waals surface area (Å²) < 4.78 is 19.0. The van der Waals surface area contributed by atoms with Crippen molar-refractivity contribution in [3.63, 3.8) is 0 Å². The van der Waals surface area contributed by atoms with Gasteiger partial charge in [0.25, 0.3) is 16.9 Å². The number of furan rings is 2. The number of non-ortho nitro benzene ring substituents is 2. The van der Waals surface area contributed by atoms with Crippen molar-refractivity contribution in [2.75, 3.05) is 6.61 Å². The maximum absolute atomic E-state index is 14.0. The highest BCUT2D eigenvalue weighted by atomic mass is 35.5. The minimum atomic E-state index is -1.08. The summed E-state index contributed by atoms with van der Waals surface area (Å²) in [6.45, 7) is 5.15. The molecule has 2 aromatic carbocycles. The lowest BCUT2D eigenvalue weighted by Gasteiger charge is -2.22. The van der Waals surface area contributed by atoms with Crippen LogP contribution in [0.15, 0.2) is 90.6 Å². The van der Waals surface area contributed by atoms with E-state index < -0.39 is 27.4 Å². The molecule has 15 heteroatoms. The molecule has 1 aliphatic rings. The van der Waals surface area contributed by atoms with E-state index in [1.54, 1.807) is 51.1 Å². The van der Waals surface area contributed by atoms with E-state index in [9.17, 15) is 29.8 Å². The van der Waals surface area contributed by atoms with Crippen LogP contribution in [0.1, 0.15) is 37.0 Å². The zero-order valence-electron chi connectivity index (χ0n) is 24.9. The number of benzene rings is 2. The number of rotatable bonds is 8. The smallest absolute Gasteiger partial charge is 0.338 e. The van der Waals surface area contributed by atoms with Crippen molar-refractivity contribution in [3.8, 4) is 22.6 Å². The number of aromatic nitrogens is 1. The van der Waals surface area contributed by atoms with Crippen molar-refractivity contribution in [1.29, 1.82) is 0 Å². The molecule has 0 amide bonds. The van der Waals surface area contributed by atoms with Gasteiger partial charge >= 0.3 is 5.97 Å². The summed E-state index contributed by atoms with van der Waals surface area (Å²) >= 11 is 7.42. The Morgan fingerprint density at radius 1 is 1.00 bits per heavy atom. The molecule has 0 fully saturated rings. The Labute approximate surface area is 273 Å². The van der Waals surface area contributed by atoms with E-state index in [1.165, 1.54) is 41.0 Å². The predicted molar refractivity (Wildman–Crippen MR) is 172 cm³/mol. The van der Waals surface area contributed by atoms with Crippen LogP contribution in [-0.4, -0.2) is 27.0 Å². The minimum Gasteiger partial charge on any atom is -0.463 e. The fraction of sp³-hybridized carbons (Fsp3) is 0.156. The van der Waals surface area contributed by atoms with E-state index in [0.717, 1.165) is 16.9 Å². The molecule has 6 rings (SSSR count). The number of carbonyl (C=O) groups is 1. The second-order valence-electron chi connectivity index (χ2n) is 10.4. The number of hydrogen-bond donors (Lipinski definition) is 0. The molecular formula is C32H23ClN4O9S. The molecule has 0 aliphatic carbocycles. The molecule has 47 heavy (non-hydrogen) atoms. The lowest BCUT2D eigenvalue weighted by Crippen LogP contribution is -2.39. The molecule has 3 aromatic heterocycles. The van der Waals surface area contributed by atoms with Crippen molar-refractivity contribution in [2.45, 2.75) is 26.8 Å². The number of aryl methyl sites for hydroxylation is 1. The number of fused-ring (bicyclic) bond motifs is 1. The number of carbonyl (C=O) groups excluding carboxylic acids is 1. The van der Waals surface area contributed by atoms with Crippen LogP contribution in [0.2, 0.25) is 5.02 Å². The van der Waals surface area contributed by atoms with Crippen LogP contribution in [0.25, 0.3) is 28.7 Å². The van der Waals surface area contributed by atoms with E-state index in [0.29, 0.717) is 22.8 Å². The maximum atomic E-state index is 14.0. The first-order valence-corrected chi connectivity index (χ1v) is 15.2. The van der Waals surface area contributed by atoms with Crippen molar-refractivity contribution >= 4 is 46.4 Å². The number of esters is 1. The third-order valence-corrected chi connectivity index (χ3v) is 8.75. The topological polar surface area (TPSA) is 173 Å². The Morgan fingerprint density at radius 3 is 2.36 bits per heavy atom. The van der Waals surface area contributed by atoms with Crippen LogP contribution in [-0.2, 0) is 9.53 Å². The SMILES string of the molecule is CCOC(=O)C1=C(C)N=c2s/c(=C\c3ccc(-c4cc([N+](=O)[O-])ccc4C)o3)c(=O)n2[C@@H]1c1ccc(-c2cc([N+](=O)[O-])ccc2Cl)o1. The Kier molecular flexibility index (Phi) is 8.21. The molecule has 0 unspecified atom stereocenters. The van der Waals surface area contributed by atoms with E-state index in [2.05, 4.69) is 4.99 Å². The molecule has 0 saturated carbocycles. The minimum absolute atomic E-state index is 0.0737. The van der Waals surface area contributed by atoms with E-state index >= 15 is 0 Å². The normalized spacial score (nSPS) is 14.6. The first-order chi connectivity index (χ1) is 22.5. The molecule has 0 saturated heterocycles. The Bertz CT molecular complexity index is 2330. The number of hydrogen-bond acceptors (Lipinski definition) is 11. The van der Waals surface area contributed by atoms with Gasteiger partial charge in [-0.05, 0) is 56.7 Å². The molecule has 5 aromatic rings. The van der Waals surface area contributed by atoms with Crippen LogP contribution in [0.3, 0.4) is 0 Å². The molecule has 13 nitrogen and oxygen atoms in total. The second-order valence-corrected chi connectivity index (χ2v) is 11.8. The quantitative estimate of drug-likeness (QED) is 0.107. The monoisotopic (exact) mass is 674 g/mol. The Morgan fingerprint density at radius 2 is 1.66 bits per heavy atom. The third-order valence-electron chi connectivity index (χ3n) is 7.44. The van der Waals surface area contributed by atoms with E-state index in [-0.39, 0.29) is 55.0 Å². The van der Waals surface area contributed by atoms with Gasteiger partial charge in [0.1, 0.15) is 29.1 Å². The van der Waals surface area contributed by atoms with Crippen LogP contribution < -0.4 is 14.9 Å². The van der Waals surface area contributed by atoms with Crippen LogP contribution in [0.4, 0.5) is 11.4 Å². The van der Waals surface area contributed by atoms with Gasteiger partial charge in [-0.15, -0.1) is 0 Å². The van der Waals surface area contributed by atoms with E-state index in [1.807, 2.05) is 0 Å². The van der Waals surface area contributed by atoms with Crippen LogP contribution in [0, 0.1) is 27.2 Å². The van der Waals surface area contributed by atoms with Gasteiger partial charge in [0.2, 0.25) is 0 Å². The van der Waals surface area contributed by atoms with Gasteiger partial charge in [0.15, 0.2) is 4.80 Å². The van der Waals surface area contributed by atoms with Crippen molar-refractivity contribution in [3.05, 3.63) is 134 Å². The average molecular weight is 675 g/mol. The number of ether oxygens (including phenoxy) is 1. The maximum Gasteiger partial charge on any atom is 0.338 e. The zero-order chi connectivity index (χ0) is 33.6. The number of nitro groups is 2. The number of allylic oxidation sites excluding steroid dienone is 1. The Hall–Kier alpha value is -5.60. The number of halogens is 1. The van der Waals surface area contributed by atoms with Crippen LogP contribution in [0.5, 0.6) is 0 Å². The predicted octanol–water partition coefficient (Wildman–Crippen LogP) is 6.10. The molecule has 238 valence electrons. The Balaban J connectivity index is 1.46. The first-order valence-electron chi connectivity index (χ1n) is 14.1. The molecule has 4 heterocycles. The lowest BCUT2D eigenvalue weighted by atomic mass is 10.0.